The Morgan fingerprint density at radius 3 is 2.69 bits per heavy atom. The van der Waals surface area contributed by atoms with Gasteiger partial charge in [0.25, 0.3) is 0 Å². The first kappa shape index (κ1) is 20.9. The molecule has 0 unspecified atom stereocenters. The molecule has 0 radical (unpaired) electrons. The van der Waals surface area contributed by atoms with Crippen molar-refractivity contribution in [1.82, 2.24) is 24.8 Å². The number of allylic oxidation sites excluding steroid dienone is 1. The predicted molar refractivity (Wildman–Crippen MR) is 115 cm³/mol. The second kappa shape index (κ2) is 8.78. The Morgan fingerprint density at radius 2 is 2.00 bits per heavy atom. The summed E-state index contributed by atoms with van der Waals surface area (Å²) in [6.07, 6.45) is 2.61. The Labute approximate surface area is 181 Å². The number of benzene rings is 1. The van der Waals surface area contributed by atoms with Crippen molar-refractivity contribution in [1.29, 1.82) is 5.41 Å². The molecule has 0 bridgehead atoms. The van der Waals surface area contributed by atoms with Crippen LogP contribution >= 0.6 is 0 Å². The van der Waals surface area contributed by atoms with Crippen LogP contribution in [-0.2, 0) is 11.3 Å². The van der Waals surface area contributed by atoms with Gasteiger partial charge in [-0.2, -0.15) is 4.52 Å². The van der Waals surface area contributed by atoms with E-state index in [9.17, 15) is 9.90 Å². The van der Waals surface area contributed by atoms with Crippen molar-refractivity contribution in [2.24, 2.45) is 5.73 Å². The summed E-state index contributed by atoms with van der Waals surface area (Å²) in [5.41, 5.74) is 6.46. The van der Waals surface area contributed by atoms with Crippen LogP contribution in [0, 0.1) is 5.41 Å². The number of fused-ring (bicyclic) bond motifs is 3. The van der Waals surface area contributed by atoms with Gasteiger partial charge in [0.05, 0.1) is 11.3 Å². The lowest BCUT2D eigenvalue weighted by atomic mass is 10.2. The number of pyridine rings is 1. The summed E-state index contributed by atoms with van der Waals surface area (Å²) in [6.45, 7) is 0.0519. The molecule has 4 N–H and O–H groups in total. The van der Waals surface area contributed by atoms with Crippen LogP contribution in [0.1, 0.15) is 21.9 Å². The molecular weight excluding hydrogens is 414 g/mol. The van der Waals surface area contributed by atoms with Crippen molar-refractivity contribution < 1.29 is 19.4 Å². The highest BCUT2D eigenvalue weighted by Crippen LogP contribution is 2.27. The summed E-state index contributed by atoms with van der Waals surface area (Å²) >= 11 is 0. The van der Waals surface area contributed by atoms with Crippen molar-refractivity contribution in [2.75, 3.05) is 13.7 Å². The minimum Gasteiger partial charge on any atom is -0.510 e. The van der Waals surface area contributed by atoms with Crippen LogP contribution in [0.5, 0.6) is 5.88 Å². The van der Waals surface area contributed by atoms with Gasteiger partial charge in [-0.05, 0) is 18.2 Å². The Morgan fingerprint density at radius 1 is 1.22 bits per heavy atom. The lowest BCUT2D eigenvalue weighted by molar-refractivity contribution is 0.1000. The predicted octanol–water partition coefficient (Wildman–Crippen LogP) is 1.81. The van der Waals surface area contributed by atoms with E-state index < -0.39 is 5.91 Å². The number of hydrogen-bond donors (Lipinski definition) is 3. The monoisotopic (exact) mass is 433 g/mol. The van der Waals surface area contributed by atoms with Gasteiger partial charge in [0.15, 0.2) is 5.65 Å². The number of methoxy groups -OCH3 is 1. The second-order valence-corrected chi connectivity index (χ2v) is 6.78. The number of rotatable bonds is 8. The van der Waals surface area contributed by atoms with E-state index in [-0.39, 0.29) is 36.4 Å². The molecule has 3 aromatic heterocycles. The summed E-state index contributed by atoms with van der Waals surface area (Å²) in [5, 5.41) is 32.2. The van der Waals surface area contributed by atoms with Gasteiger partial charge in [0.2, 0.25) is 17.6 Å². The average Bonchev–Trinajstić information content (AvgIpc) is 3.22. The summed E-state index contributed by atoms with van der Waals surface area (Å²) in [5.74, 6) is -0.275. The van der Waals surface area contributed by atoms with Crippen LogP contribution in [0.3, 0.4) is 0 Å². The fourth-order valence-electron chi connectivity index (χ4n) is 3.04. The number of ether oxygens (including phenoxy) is 2. The molecule has 0 saturated heterocycles. The first-order chi connectivity index (χ1) is 15.5. The van der Waals surface area contributed by atoms with Gasteiger partial charge in [-0.15, -0.1) is 15.3 Å². The fourth-order valence-corrected chi connectivity index (χ4v) is 3.04. The maximum absolute atomic E-state index is 11.2. The highest BCUT2D eigenvalue weighted by Gasteiger charge is 2.17. The normalized spacial score (nSPS) is 11.7. The van der Waals surface area contributed by atoms with Crippen LogP contribution in [0.2, 0.25) is 0 Å². The molecule has 0 aliphatic heterocycles. The van der Waals surface area contributed by atoms with Gasteiger partial charge in [0, 0.05) is 30.2 Å². The fraction of sp³-hybridized carbons (Fsp3) is 0.143. The van der Waals surface area contributed by atoms with Gasteiger partial charge in [-0.3, -0.25) is 15.2 Å². The van der Waals surface area contributed by atoms with Crippen LogP contribution in [0.25, 0.3) is 16.4 Å². The van der Waals surface area contributed by atoms with Crippen molar-refractivity contribution in [3.8, 4) is 5.88 Å². The zero-order valence-corrected chi connectivity index (χ0v) is 17.0. The third-order valence-electron chi connectivity index (χ3n) is 4.54. The number of nitrogens with one attached hydrogen (secondary N) is 1. The SMILES string of the molecule is COC/C(O)=C/C(=N)c1nnc2c3ccccc3c(OCc3ccc(C(N)=O)cn3)nn12. The molecule has 162 valence electrons. The molecule has 4 rings (SSSR count). The quantitative estimate of drug-likeness (QED) is 0.280. The number of hydrogen-bond acceptors (Lipinski definition) is 9. The molecule has 4 aromatic rings. The zero-order chi connectivity index (χ0) is 22.7. The molecular formula is C21H19N7O4. The highest BCUT2D eigenvalue weighted by molar-refractivity contribution is 6.05. The molecule has 0 aliphatic carbocycles. The Balaban J connectivity index is 1.72. The molecule has 11 nitrogen and oxygen atoms in total. The molecule has 3 heterocycles. The number of carbonyl (C=O) groups excluding carboxylic acids is 1. The Kier molecular flexibility index (Phi) is 5.73. The third kappa shape index (κ3) is 4.09. The number of nitrogens with zero attached hydrogens (tertiary/aromatic N) is 5. The van der Waals surface area contributed by atoms with Crippen molar-refractivity contribution in [2.45, 2.75) is 6.61 Å². The standard InChI is InChI=1S/C21H19N7O4/c1-31-11-14(29)8-17(22)20-26-25-19-15-4-2-3-5-16(15)21(27-28(19)20)32-10-13-7-6-12(9-24-13)18(23)30/h2-9,22,29H,10-11H2,1H3,(H2,23,30)/b14-8-,22-17?. The number of aliphatic hydroxyl groups excluding tert-OH is 1. The first-order valence-corrected chi connectivity index (χ1v) is 9.47. The van der Waals surface area contributed by atoms with Crippen molar-refractivity contribution in [3.63, 3.8) is 0 Å². The topological polar surface area (TPSA) is 162 Å². The molecule has 0 saturated carbocycles. The van der Waals surface area contributed by atoms with Crippen LogP contribution < -0.4 is 10.5 Å². The molecule has 11 heteroatoms. The zero-order valence-electron chi connectivity index (χ0n) is 17.0. The number of carbonyl (C=O) groups is 1. The molecule has 0 fully saturated rings. The van der Waals surface area contributed by atoms with Crippen molar-refractivity contribution in [3.05, 3.63) is 71.5 Å². The van der Waals surface area contributed by atoms with E-state index in [1.54, 1.807) is 12.1 Å². The van der Waals surface area contributed by atoms with E-state index >= 15 is 0 Å². The first-order valence-electron chi connectivity index (χ1n) is 9.47. The summed E-state index contributed by atoms with van der Waals surface area (Å²) in [4.78, 5) is 15.4. The van der Waals surface area contributed by atoms with Crippen LogP contribution in [0.15, 0.2) is 54.4 Å². The van der Waals surface area contributed by atoms with Gasteiger partial charge in [0.1, 0.15) is 24.7 Å². The van der Waals surface area contributed by atoms with E-state index in [0.717, 1.165) is 5.39 Å². The van der Waals surface area contributed by atoms with Crippen LogP contribution in [0.4, 0.5) is 0 Å². The van der Waals surface area contributed by atoms with E-state index in [4.69, 9.17) is 20.6 Å². The lowest BCUT2D eigenvalue weighted by Gasteiger charge is -2.10. The number of aliphatic hydroxyl groups is 1. The largest absolute Gasteiger partial charge is 0.510 e. The molecule has 1 aromatic carbocycles. The average molecular weight is 433 g/mol. The Bertz CT molecular complexity index is 1350. The maximum Gasteiger partial charge on any atom is 0.250 e. The van der Waals surface area contributed by atoms with E-state index in [2.05, 4.69) is 20.3 Å². The molecule has 0 spiro atoms. The van der Waals surface area contributed by atoms with Gasteiger partial charge < -0.3 is 20.3 Å². The summed E-state index contributed by atoms with van der Waals surface area (Å²) in [6, 6.07) is 10.6. The number of amides is 1. The number of aromatic nitrogens is 5. The number of nitrogens with two attached hydrogens (primary N) is 1. The van der Waals surface area contributed by atoms with Crippen molar-refractivity contribution >= 4 is 28.0 Å². The lowest BCUT2D eigenvalue weighted by Crippen LogP contribution is -2.12. The van der Waals surface area contributed by atoms with E-state index in [0.29, 0.717) is 22.3 Å². The minimum atomic E-state index is -0.559. The van der Waals surface area contributed by atoms with Gasteiger partial charge in [-0.1, -0.05) is 18.2 Å². The smallest absolute Gasteiger partial charge is 0.250 e. The van der Waals surface area contributed by atoms with E-state index in [1.807, 2.05) is 24.3 Å². The molecule has 32 heavy (non-hydrogen) atoms. The maximum atomic E-state index is 11.2. The Hall–Kier alpha value is -4.38. The summed E-state index contributed by atoms with van der Waals surface area (Å²) < 4.78 is 12.2. The van der Waals surface area contributed by atoms with E-state index in [1.165, 1.54) is 23.9 Å². The minimum absolute atomic E-state index is 0.0363. The van der Waals surface area contributed by atoms with Gasteiger partial charge in [-0.25, -0.2) is 0 Å². The molecule has 0 aliphatic rings. The number of primary amides is 1. The highest BCUT2D eigenvalue weighted by atomic mass is 16.5. The molecule has 0 atom stereocenters. The van der Waals surface area contributed by atoms with Crippen LogP contribution in [-0.4, -0.2) is 55.2 Å². The molecule has 1 amide bonds. The third-order valence-corrected chi connectivity index (χ3v) is 4.54. The van der Waals surface area contributed by atoms with Gasteiger partial charge >= 0.3 is 0 Å². The summed E-state index contributed by atoms with van der Waals surface area (Å²) in [7, 11) is 1.44. The second-order valence-electron chi connectivity index (χ2n) is 6.78.